The van der Waals surface area contributed by atoms with Crippen molar-refractivity contribution in [3.63, 3.8) is 0 Å². The SMILES string of the molecule is CC(C)C(=O)Nc1ccc(CNC(=O)c2nn(C)c(=O)c3ccccc23)cc1. The Morgan fingerprint density at radius 2 is 1.68 bits per heavy atom. The normalized spacial score (nSPS) is 10.9. The van der Waals surface area contributed by atoms with Gasteiger partial charge in [-0.15, -0.1) is 0 Å². The molecule has 0 fully saturated rings. The van der Waals surface area contributed by atoms with E-state index in [1.54, 1.807) is 36.4 Å². The molecule has 2 N–H and O–H groups in total. The Morgan fingerprint density at radius 3 is 2.32 bits per heavy atom. The fourth-order valence-corrected chi connectivity index (χ4v) is 2.73. The molecule has 7 nitrogen and oxygen atoms in total. The number of carbonyl (C=O) groups is 2. The summed E-state index contributed by atoms with van der Waals surface area (Å²) in [7, 11) is 1.52. The standard InChI is InChI=1S/C21H22N4O3/c1-13(2)19(26)23-15-10-8-14(9-11-15)12-22-20(27)18-16-6-4-5-7-17(16)21(28)25(3)24-18/h4-11,13H,12H2,1-3H3,(H,22,27)(H,23,26). The molecular formula is C21H22N4O3. The summed E-state index contributed by atoms with van der Waals surface area (Å²) in [6.07, 6.45) is 0. The summed E-state index contributed by atoms with van der Waals surface area (Å²) in [5.74, 6) is -0.499. The minimum Gasteiger partial charge on any atom is -0.347 e. The Labute approximate surface area is 162 Å². The Kier molecular flexibility index (Phi) is 5.54. The first kappa shape index (κ1) is 19.3. The van der Waals surface area contributed by atoms with Gasteiger partial charge in [0, 0.05) is 30.6 Å². The van der Waals surface area contributed by atoms with Gasteiger partial charge in [0.05, 0.1) is 5.39 Å². The molecule has 0 aliphatic carbocycles. The van der Waals surface area contributed by atoms with Crippen molar-refractivity contribution in [2.75, 3.05) is 5.32 Å². The molecule has 2 amide bonds. The number of hydrogen-bond donors (Lipinski definition) is 2. The predicted molar refractivity (Wildman–Crippen MR) is 108 cm³/mol. The van der Waals surface area contributed by atoms with E-state index in [2.05, 4.69) is 15.7 Å². The first-order valence-electron chi connectivity index (χ1n) is 9.01. The second-order valence-corrected chi connectivity index (χ2v) is 6.85. The Hall–Kier alpha value is -3.48. The molecule has 28 heavy (non-hydrogen) atoms. The van der Waals surface area contributed by atoms with Crippen molar-refractivity contribution in [3.8, 4) is 0 Å². The van der Waals surface area contributed by atoms with Gasteiger partial charge in [-0.2, -0.15) is 5.10 Å². The van der Waals surface area contributed by atoms with Crippen LogP contribution in [-0.2, 0) is 18.4 Å². The number of rotatable bonds is 5. The van der Waals surface area contributed by atoms with E-state index in [4.69, 9.17) is 0 Å². The molecule has 0 unspecified atom stereocenters. The lowest BCUT2D eigenvalue weighted by molar-refractivity contribution is -0.118. The molecule has 3 aromatic rings. The van der Waals surface area contributed by atoms with E-state index in [1.807, 2.05) is 26.0 Å². The van der Waals surface area contributed by atoms with Crippen molar-refractivity contribution in [3.05, 3.63) is 70.1 Å². The van der Waals surface area contributed by atoms with Crippen LogP contribution >= 0.6 is 0 Å². The third kappa shape index (κ3) is 4.09. The maximum Gasteiger partial charge on any atom is 0.274 e. The predicted octanol–water partition coefficient (Wildman–Crippen LogP) is 2.46. The molecular weight excluding hydrogens is 356 g/mol. The van der Waals surface area contributed by atoms with Crippen molar-refractivity contribution >= 4 is 28.3 Å². The molecule has 7 heteroatoms. The van der Waals surface area contributed by atoms with Gasteiger partial charge in [0.25, 0.3) is 11.5 Å². The molecule has 3 rings (SSSR count). The summed E-state index contributed by atoms with van der Waals surface area (Å²) < 4.78 is 1.17. The topological polar surface area (TPSA) is 93.1 Å². The van der Waals surface area contributed by atoms with Crippen LogP contribution in [0.4, 0.5) is 5.69 Å². The van der Waals surface area contributed by atoms with Gasteiger partial charge in [-0.3, -0.25) is 14.4 Å². The second-order valence-electron chi connectivity index (χ2n) is 6.85. The second kappa shape index (κ2) is 8.04. The summed E-state index contributed by atoms with van der Waals surface area (Å²) in [6, 6.07) is 14.2. The fraction of sp³-hybridized carbons (Fsp3) is 0.238. The Bertz CT molecular complexity index is 1080. The van der Waals surface area contributed by atoms with Crippen LogP contribution < -0.4 is 16.2 Å². The zero-order valence-electron chi connectivity index (χ0n) is 16.0. The molecule has 0 bridgehead atoms. The summed E-state index contributed by atoms with van der Waals surface area (Å²) in [6.45, 7) is 3.96. The van der Waals surface area contributed by atoms with Gasteiger partial charge in [0.1, 0.15) is 0 Å². The number of aryl methyl sites for hydroxylation is 1. The summed E-state index contributed by atoms with van der Waals surface area (Å²) >= 11 is 0. The Balaban J connectivity index is 1.73. The molecule has 2 aromatic carbocycles. The van der Waals surface area contributed by atoms with Crippen molar-refractivity contribution in [2.24, 2.45) is 13.0 Å². The zero-order chi connectivity index (χ0) is 20.3. The lowest BCUT2D eigenvalue weighted by atomic mass is 10.1. The first-order chi connectivity index (χ1) is 13.4. The number of anilines is 1. The van der Waals surface area contributed by atoms with Gasteiger partial charge >= 0.3 is 0 Å². The number of hydrogen-bond acceptors (Lipinski definition) is 4. The number of carbonyl (C=O) groups excluding carboxylic acids is 2. The van der Waals surface area contributed by atoms with Gasteiger partial charge < -0.3 is 10.6 Å². The van der Waals surface area contributed by atoms with Crippen LogP contribution in [0, 0.1) is 5.92 Å². The third-order valence-electron chi connectivity index (χ3n) is 4.37. The van der Waals surface area contributed by atoms with Gasteiger partial charge in [0.15, 0.2) is 5.69 Å². The van der Waals surface area contributed by atoms with Crippen molar-refractivity contribution in [2.45, 2.75) is 20.4 Å². The van der Waals surface area contributed by atoms with Crippen LogP contribution in [0.5, 0.6) is 0 Å². The van der Waals surface area contributed by atoms with E-state index in [1.165, 1.54) is 11.7 Å². The lowest BCUT2D eigenvalue weighted by Gasteiger charge is -2.10. The number of aromatic nitrogens is 2. The van der Waals surface area contributed by atoms with Crippen molar-refractivity contribution < 1.29 is 9.59 Å². The summed E-state index contributed by atoms with van der Waals surface area (Å²) in [5.41, 5.74) is 1.55. The van der Waals surface area contributed by atoms with Gasteiger partial charge in [-0.1, -0.05) is 44.2 Å². The quantitative estimate of drug-likeness (QED) is 0.713. The molecule has 1 heterocycles. The zero-order valence-corrected chi connectivity index (χ0v) is 16.0. The van der Waals surface area contributed by atoms with Crippen LogP contribution in [0.2, 0.25) is 0 Å². The highest BCUT2D eigenvalue weighted by Gasteiger charge is 2.15. The Morgan fingerprint density at radius 1 is 1.04 bits per heavy atom. The maximum absolute atomic E-state index is 12.6. The molecule has 0 spiro atoms. The molecule has 144 valence electrons. The highest BCUT2D eigenvalue weighted by molar-refractivity contribution is 6.04. The number of nitrogens with one attached hydrogen (secondary N) is 2. The lowest BCUT2D eigenvalue weighted by Crippen LogP contribution is -2.29. The van der Waals surface area contributed by atoms with Crippen LogP contribution in [0.15, 0.2) is 53.3 Å². The highest BCUT2D eigenvalue weighted by atomic mass is 16.2. The number of amides is 2. The molecule has 0 atom stereocenters. The van der Waals surface area contributed by atoms with Gasteiger partial charge in [-0.25, -0.2) is 4.68 Å². The van der Waals surface area contributed by atoms with E-state index in [-0.39, 0.29) is 29.0 Å². The molecule has 0 radical (unpaired) electrons. The molecule has 0 aliphatic heterocycles. The van der Waals surface area contributed by atoms with Crippen LogP contribution in [0.3, 0.4) is 0 Å². The highest BCUT2D eigenvalue weighted by Crippen LogP contribution is 2.14. The van der Waals surface area contributed by atoms with E-state index in [9.17, 15) is 14.4 Å². The van der Waals surface area contributed by atoms with Crippen LogP contribution in [0.25, 0.3) is 10.8 Å². The van der Waals surface area contributed by atoms with E-state index in [0.717, 1.165) is 5.56 Å². The molecule has 0 aliphatic rings. The van der Waals surface area contributed by atoms with Gasteiger partial charge in [0.2, 0.25) is 5.91 Å². The number of nitrogens with zero attached hydrogens (tertiary/aromatic N) is 2. The molecule has 0 saturated heterocycles. The summed E-state index contributed by atoms with van der Waals surface area (Å²) in [4.78, 5) is 36.5. The average Bonchev–Trinajstić information content (AvgIpc) is 2.70. The average molecular weight is 378 g/mol. The smallest absolute Gasteiger partial charge is 0.274 e. The number of benzene rings is 2. The number of fused-ring (bicyclic) bond motifs is 1. The van der Waals surface area contributed by atoms with Crippen LogP contribution in [-0.4, -0.2) is 21.6 Å². The monoisotopic (exact) mass is 378 g/mol. The third-order valence-corrected chi connectivity index (χ3v) is 4.37. The molecule has 0 saturated carbocycles. The largest absolute Gasteiger partial charge is 0.347 e. The van der Waals surface area contributed by atoms with Crippen molar-refractivity contribution in [1.29, 1.82) is 0 Å². The minimum absolute atomic E-state index is 0.0475. The fourth-order valence-electron chi connectivity index (χ4n) is 2.73. The van der Waals surface area contributed by atoms with E-state index in [0.29, 0.717) is 23.0 Å². The van der Waals surface area contributed by atoms with Gasteiger partial charge in [-0.05, 0) is 23.8 Å². The minimum atomic E-state index is -0.357. The van der Waals surface area contributed by atoms with E-state index < -0.39 is 0 Å². The first-order valence-corrected chi connectivity index (χ1v) is 9.01. The molecule has 1 aromatic heterocycles. The summed E-state index contributed by atoms with van der Waals surface area (Å²) in [5, 5.41) is 10.7. The van der Waals surface area contributed by atoms with Crippen molar-refractivity contribution in [1.82, 2.24) is 15.1 Å². The van der Waals surface area contributed by atoms with E-state index >= 15 is 0 Å². The maximum atomic E-state index is 12.6. The van der Waals surface area contributed by atoms with Crippen LogP contribution in [0.1, 0.15) is 29.9 Å².